The lowest BCUT2D eigenvalue weighted by Crippen LogP contribution is -2.30. The van der Waals surface area contributed by atoms with Crippen molar-refractivity contribution < 1.29 is 28.6 Å². The minimum atomic E-state index is -0.794. The molecule has 1 atom stereocenters. The highest BCUT2D eigenvalue weighted by Crippen LogP contribution is 2.17. The van der Waals surface area contributed by atoms with Crippen LogP contribution in [0.1, 0.15) is 335 Å². The first-order valence-corrected chi connectivity index (χ1v) is 32.3. The summed E-state index contributed by atoms with van der Waals surface area (Å²) >= 11 is 0. The number of allylic oxidation sites excluding steroid dienone is 10. The van der Waals surface area contributed by atoms with Crippen LogP contribution in [0, 0.1) is 0 Å². The summed E-state index contributed by atoms with van der Waals surface area (Å²) in [5.74, 6) is -0.911. The molecule has 0 aromatic carbocycles. The standard InChI is InChI=1S/C68H122O6/c1-4-7-10-13-16-19-22-25-28-29-30-31-32-33-34-35-36-37-38-39-41-43-46-49-52-55-58-61-67(70)73-64-65(63-72-66(69)60-57-54-51-48-45-42-27-24-21-18-15-12-9-6-3)74-68(71)62-59-56-53-50-47-44-40-26-23-20-17-14-11-8-5-2/h8,11,17,20,26,29-30,40,47,50,65H,4-7,9-10,12-16,18-19,21-25,27-28,31-39,41-46,48-49,51-64H2,1-3H3/b11-8-,20-17-,30-29-,40-26-,50-47-. The molecule has 1 unspecified atom stereocenters. The first-order chi connectivity index (χ1) is 36.5. The van der Waals surface area contributed by atoms with Gasteiger partial charge in [-0.3, -0.25) is 14.4 Å². The molecule has 0 bridgehead atoms. The first-order valence-electron chi connectivity index (χ1n) is 32.3. The van der Waals surface area contributed by atoms with Crippen LogP contribution in [0.25, 0.3) is 0 Å². The van der Waals surface area contributed by atoms with Gasteiger partial charge in [0.2, 0.25) is 0 Å². The fraction of sp³-hybridized carbons (Fsp3) is 0.809. The maximum atomic E-state index is 12.9. The molecular formula is C68H122O6. The molecule has 0 aliphatic rings. The minimum Gasteiger partial charge on any atom is -0.462 e. The molecule has 6 heteroatoms. The van der Waals surface area contributed by atoms with Gasteiger partial charge in [0.1, 0.15) is 13.2 Å². The molecule has 0 spiro atoms. The van der Waals surface area contributed by atoms with E-state index in [-0.39, 0.29) is 37.5 Å². The number of rotatable bonds is 59. The lowest BCUT2D eigenvalue weighted by molar-refractivity contribution is -0.167. The van der Waals surface area contributed by atoms with E-state index in [9.17, 15) is 14.4 Å². The smallest absolute Gasteiger partial charge is 0.306 e. The van der Waals surface area contributed by atoms with Crippen LogP contribution in [-0.2, 0) is 28.6 Å². The van der Waals surface area contributed by atoms with Crippen molar-refractivity contribution in [2.24, 2.45) is 0 Å². The van der Waals surface area contributed by atoms with Crippen molar-refractivity contribution in [3.63, 3.8) is 0 Å². The van der Waals surface area contributed by atoms with E-state index >= 15 is 0 Å². The second-order valence-electron chi connectivity index (χ2n) is 21.6. The Balaban J connectivity index is 4.25. The number of carbonyl (C=O) groups is 3. The molecule has 0 heterocycles. The van der Waals surface area contributed by atoms with Crippen molar-refractivity contribution in [3.8, 4) is 0 Å². The summed E-state index contributed by atoms with van der Waals surface area (Å²) in [7, 11) is 0. The van der Waals surface area contributed by atoms with Crippen molar-refractivity contribution >= 4 is 17.9 Å². The van der Waals surface area contributed by atoms with Gasteiger partial charge < -0.3 is 14.2 Å². The average Bonchev–Trinajstić information content (AvgIpc) is 3.40. The van der Waals surface area contributed by atoms with Gasteiger partial charge in [-0.1, -0.05) is 293 Å². The Morgan fingerprint density at radius 2 is 0.527 bits per heavy atom. The van der Waals surface area contributed by atoms with Crippen LogP contribution in [0.15, 0.2) is 60.8 Å². The number of carbonyl (C=O) groups excluding carboxylic acids is 3. The number of esters is 3. The van der Waals surface area contributed by atoms with Crippen LogP contribution in [0.2, 0.25) is 0 Å². The number of ether oxygens (including phenoxy) is 3. The summed E-state index contributed by atoms with van der Waals surface area (Å²) in [6, 6.07) is 0. The fourth-order valence-electron chi connectivity index (χ4n) is 9.43. The predicted octanol–water partition coefficient (Wildman–Crippen LogP) is 21.9. The van der Waals surface area contributed by atoms with Crippen molar-refractivity contribution in [1.29, 1.82) is 0 Å². The van der Waals surface area contributed by atoms with Gasteiger partial charge in [0.25, 0.3) is 0 Å². The Bertz CT molecular complexity index is 1330. The van der Waals surface area contributed by atoms with E-state index in [2.05, 4.69) is 81.5 Å². The summed E-state index contributed by atoms with van der Waals surface area (Å²) in [5, 5.41) is 0. The molecule has 74 heavy (non-hydrogen) atoms. The third-order valence-corrected chi connectivity index (χ3v) is 14.3. The molecule has 0 aliphatic heterocycles. The van der Waals surface area contributed by atoms with Crippen LogP contribution >= 0.6 is 0 Å². The molecule has 0 radical (unpaired) electrons. The molecule has 430 valence electrons. The van der Waals surface area contributed by atoms with Gasteiger partial charge in [-0.05, 0) is 83.5 Å². The molecule has 0 aromatic rings. The highest BCUT2D eigenvalue weighted by molar-refractivity contribution is 5.71. The number of unbranched alkanes of at least 4 members (excludes halogenated alkanes) is 38. The summed E-state index contributed by atoms with van der Waals surface area (Å²) < 4.78 is 16.9. The van der Waals surface area contributed by atoms with Gasteiger partial charge in [-0.2, -0.15) is 0 Å². The van der Waals surface area contributed by atoms with Crippen LogP contribution < -0.4 is 0 Å². The maximum Gasteiger partial charge on any atom is 0.306 e. The van der Waals surface area contributed by atoms with Gasteiger partial charge in [0.15, 0.2) is 6.10 Å². The summed E-state index contributed by atoms with van der Waals surface area (Å²) in [6.45, 7) is 6.54. The average molecular weight is 1040 g/mol. The van der Waals surface area contributed by atoms with Crippen molar-refractivity contribution in [3.05, 3.63) is 60.8 Å². The van der Waals surface area contributed by atoms with Crippen LogP contribution in [-0.4, -0.2) is 37.2 Å². The first kappa shape index (κ1) is 71.1. The van der Waals surface area contributed by atoms with E-state index in [0.29, 0.717) is 19.3 Å². The van der Waals surface area contributed by atoms with E-state index in [1.807, 2.05) is 0 Å². The molecule has 0 aromatic heterocycles. The lowest BCUT2D eigenvalue weighted by Gasteiger charge is -2.18. The Labute approximate surface area is 460 Å². The van der Waals surface area contributed by atoms with E-state index in [1.54, 1.807) is 0 Å². The third kappa shape index (κ3) is 60.0. The Hall–Kier alpha value is -2.89. The topological polar surface area (TPSA) is 78.9 Å². The zero-order valence-electron chi connectivity index (χ0n) is 49.4. The molecule has 0 fully saturated rings. The maximum absolute atomic E-state index is 12.9. The van der Waals surface area contributed by atoms with Gasteiger partial charge >= 0.3 is 17.9 Å². The SMILES string of the molecule is CC/C=C\C/C=C\C/C=C\C/C=C\CCCCC(=O)OC(COC(=O)CCCCCCCCCCCCCCCC)COC(=O)CCCCCCCCCCCCCCCCC/C=C\CCCCCCCCCC. The normalized spacial score (nSPS) is 12.4. The van der Waals surface area contributed by atoms with E-state index in [4.69, 9.17) is 14.2 Å². The summed E-state index contributed by atoms with van der Waals surface area (Å²) in [6.07, 6.45) is 79.6. The van der Waals surface area contributed by atoms with Crippen LogP contribution in [0.4, 0.5) is 0 Å². The number of hydrogen-bond donors (Lipinski definition) is 0. The summed E-state index contributed by atoms with van der Waals surface area (Å²) in [5.41, 5.74) is 0. The quantitative estimate of drug-likeness (QED) is 0.0261. The highest BCUT2D eigenvalue weighted by atomic mass is 16.6. The summed E-state index contributed by atoms with van der Waals surface area (Å²) in [4.78, 5) is 38.2. The monoisotopic (exact) mass is 1030 g/mol. The van der Waals surface area contributed by atoms with E-state index in [1.165, 1.54) is 212 Å². The molecular weight excluding hydrogens is 913 g/mol. The van der Waals surface area contributed by atoms with Gasteiger partial charge in [-0.15, -0.1) is 0 Å². The zero-order valence-corrected chi connectivity index (χ0v) is 49.4. The van der Waals surface area contributed by atoms with Crippen molar-refractivity contribution in [2.45, 2.75) is 341 Å². The van der Waals surface area contributed by atoms with Crippen molar-refractivity contribution in [1.82, 2.24) is 0 Å². The van der Waals surface area contributed by atoms with Gasteiger partial charge in [0.05, 0.1) is 0 Å². The minimum absolute atomic E-state index is 0.0872. The second-order valence-corrected chi connectivity index (χ2v) is 21.6. The lowest BCUT2D eigenvalue weighted by atomic mass is 10.0. The zero-order chi connectivity index (χ0) is 53.6. The molecule has 0 amide bonds. The number of hydrogen-bond acceptors (Lipinski definition) is 6. The third-order valence-electron chi connectivity index (χ3n) is 14.3. The Kier molecular flexibility index (Phi) is 60.2. The van der Waals surface area contributed by atoms with Crippen LogP contribution in [0.5, 0.6) is 0 Å². The Morgan fingerprint density at radius 3 is 0.865 bits per heavy atom. The second kappa shape index (κ2) is 62.6. The molecule has 0 aliphatic carbocycles. The Morgan fingerprint density at radius 1 is 0.284 bits per heavy atom. The highest BCUT2D eigenvalue weighted by Gasteiger charge is 2.19. The largest absolute Gasteiger partial charge is 0.462 e. The van der Waals surface area contributed by atoms with Gasteiger partial charge in [0, 0.05) is 19.3 Å². The van der Waals surface area contributed by atoms with Crippen LogP contribution in [0.3, 0.4) is 0 Å². The molecule has 0 saturated heterocycles. The molecule has 6 nitrogen and oxygen atoms in total. The molecule has 0 saturated carbocycles. The predicted molar refractivity (Wildman–Crippen MR) is 321 cm³/mol. The fourth-order valence-corrected chi connectivity index (χ4v) is 9.43. The molecule has 0 N–H and O–H groups in total. The van der Waals surface area contributed by atoms with E-state index in [0.717, 1.165) is 77.0 Å². The van der Waals surface area contributed by atoms with Gasteiger partial charge in [-0.25, -0.2) is 0 Å². The van der Waals surface area contributed by atoms with E-state index < -0.39 is 6.10 Å². The van der Waals surface area contributed by atoms with Crippen molar-refractivity contribution in [2.75, 3.05) is 13.2 Å². The molecule has 0 rings (SSSR count).